The Balaban J connectivity index is 1.89. The molecule has 106 valence electrons. The molecule has 2 heterocycles. The number of nitrogens with one attached hydrogen (secondary N) is 1. The van der Waals surface area contributed by atoms with E-state index in [9.17, 15) is 4.79 Å². The number of rotatable bonds is 3. The minimum absolute atomic E-state index is 0.159. The average molecular weight is 285 g/mol. The zero-order chi connectivity index (χ0) is 14.8. The molecule has 0 aliphatic rings. The summed E-state index contributed by atoms with van der Waals surface area (Å²) in [6, 6.07) is 7.76. The molecule has 3 aromatic rings. The molecule has 0 spiro atoms. The summed E-state index contributed by atoms with van der Waals surface area (Å²) in [5, 5.41) is 11.6. The molecule has 3 rings (SSSR count). The van der Waals surface area contributed by atoms with Crippen molar-refractivity contribution in [3.63, 3.8) is 0 Å². The van der Waals surface area contributed by atoms with Crippen LogP contribution in [0.5, 0.6) is 0 Å². The van der Waals surface area contributed by atoms with Gasteiger partial charge < -0.3 is 4.52 Å². The molecule has 0 aliphatic heterocycles. The Bertz CT molecular complexity index is 775. The van der Waals surface area contributed by atoms with Crippen LogP contribution in [-0.2, 0) is 0 Å². The van der Waals surface area contributed by atoms with Crippen LogP contribution in [0, 0.1) is 6.92 Å². The smallest absolute Gasteiger partial charge is 0.323 e. The molecule has 0 radical (unpaired) electrons. The molecule has 3 N–H and O–H groups in total. The highest BCUT2D eigenvalue weighted by atomic mass is 16.5. The molecule has 0 unspecified atom stereocenters. The van der Waals surface area contributed by atoms with E-state index >= 15 is 0 Å². The molecule has 0 bridgehead atoms. The predicted molar refractivity (Wildman–Crippen MR) is 71.0 cm³/mol. The third kappa shape index (κ3) is 2.49. The van der Waals surface area contributed by atoms with E-state index in [1.165, 1.54) is 0 Å². The van der Waals surface area contributed by atoms with Gasteiger partial charge in [0.05, 0.1) is 11.9 Å². The maximum Gasteiger partial charge on any atom is 0.323 e. The number of amides is 1. The molecule has 1 amide bonds. The summed E-state index contributed by atoms with van der Waals surface area (Å²) in [4.78, 5) is 15.1. The first kappa shape index (κ1) is 12.9. The van der Waals surface area contributed by atoms with E-state index in [0.717, 1.165) is 11.3 Å². The number of nitrogen functional groups attached to an aromatic ring is 1. The largest absolute Gasteiger partial charge is 0.328 e. The van der Waals surface area contributed by atoms with Crippen molar-refractivity contribution < 1.29 is 9.32 Å². The fourth-order valence-corrected chi connectivity index (χ4v) is 1.67. The number of nitrogens with zero attached hydrogens (tertiary/aromatic N) is 5. The lowest BCUT2D eigenvalue weighted by Crippen LogP contribution is -2.30. The monoisotopic (exact) mass is 285 g/mol. The van der Waals surface area contributed by atoms with Crippen molar-refractivity contribution in [2.45, 2.75) is 6.92 Å². The summed E-state index contributed by atoms with van der Waals surface area (Å²) < 4.78 is 6.35. The second-order valence-electron chi connectivity index (χ2n) is 4.28. The number of hydrogen-bond donors (Lipinski definition) is 2. The second kappa shape index (κ2) is 5.13. The van der Waals surface area contributed by atoms with Crippen molar-refractivity contribution in [1.82, 2.24) is 30.6 Å². The number of aromatic nitrogens is 5. The Morgan fingerprint density at radius 2 is 2.10 bits per heavy atom. The van der Waals surface area contributed by atoms with Gasteiger partial charge in [0.25, 0.3) is 0 Å². The highest BCUT2D eigenvalue weighted by molar-refractivity contribution is 5.89. The lowest BCUT2D eigenvalue weighted by Gasteiger charge is -1.99. The van der Waals surface area contributed by atoms with Gasteiger partial charge in [-0.25, -0.2) is 10.5 Å². The van der Waals surface area contributed by atoms with Gasteiger partial charge in [-0.2, -0.15) is 4.98 Å². The minimum atomic E-state index is -0.667. The molecule has 1 aromatic carbocycles. The predicted octanol–water partition coefficient (Wildman–Crippen LogP) is 0.229. The van der Waals surface area contributed by atoms with Crippen molar-refractivity contribution >= 4 is 5.91 Å². The SMILES string of the molecule is Cc1ccc(-n2cc(-c3noc(C(=O)NN)n3)nn2)cc1. The van der Waals surface area contributed by atoms with Crippen LogP contribution in [0.3, 0.4) is 0 Å². The quantitative estimate of drug-likeness (QED) is 0.401. The van der Waals surface area contributed by atoms with E-state index in [0.29, 0.717) is 5.69 Å². The number of benzene rings is 1. The van der Waals surface area contributed by atoms with E-state index < -0.39 is 5.91 Å². The number of carbonyl (C=O) groups excluding carboxylic acids is 1. The van der Waals surface area contributed by atoms with Crippen molar-refractivity contribution in [3.05, 3.63) is 41.9 Å². The molecule has 21 heavy (non-hydrogen) atoms. The molecule has 9 nitrogen and oxygen atoms in total. The summed E-state index contributed by atoms with van der Waals surface area (Å²) in [6.45, 7) is 2.00. The summed E-state index contributed by atoms with van der Waals surface area (Å²) in [6.07, 6.45) is 1.64. The van der Waals surface area contributed by atoms with Crippen LogP contribution in [0.25, 0.3) is 17.2 Å². The maximum atomic E-state index is 11.2. The topological polar surface area (TPSA) is 125 Å². The number of aryl methyl sites for hydroxylation is 1. The van der Waals surface area contributed by atoms with Crippen LogP contribution in [0.15, 0.2) is 35.0 Å². The lowest BCUT2D eigenvalue weighted by molar-refractivity contribution is 0.0910. The van der Waals surface area contributed by atoms with Crippen molar-refractivity contribution in [2.24, 2.45) is 5.84 Å². The first-order chi connectivity index (χ1) is 10.2. The normalized spacial score (nSPS) is 10.6. The van der Waals surface area contributed by atoms with Gasteiger partial charge in [0.15, 0.2) is 5.69 Å². The van der Waals surface area contributed by atoms with Crippen LogP contribution in [0.1, 0.15) is 16.2 Å². The van der Waals surface area contributed by atoms with Gasteiger partial charge in [0.1, 0.15) is 0 Å². The average Bonchev–Trinajstić information content (AvgIpc) is 3.16. The molecule has 9 heteroatoms. The highest BCUT2D eigenvalue weighted by Crippen LogP contribution is 2.15. The maximum absolute atomic E-state index is 11.2. The Morgan fingerprint density at radius 1 is 1.33 bits per heavy atom. The first-order valence-corrected chi connectivity index (χ1v) is 6.02. The van der Waals surface area contributed by atoms with Crippen LogP contribution in [0.2, 0.25) is 0 Å². The van der Waals surface area contributed by atoms with Crippen molar-refractivity contribution in [3.8, 4) is 17.2 Å². The second-order valence-corrected chi connectivity index (χ2v) is 4.28. The summed E-state index contributed by atoms with van der Waals surface area (Å²) in [7, 11) is 0. The van der Waals surface area contributed by atoms with Gasteiger partial charge in [-0.05, 0) is 19.1 Å². The Kier molecular flexibility index (Phi) is 3.16. The molecule has 0 atom stereocenters. The van der Waals surface area contributed by atoms with Gasteiger partial charge >= 0.3 is 11.8 Å². The molecule has 0 aliphatic carbocycles. The molecule has 0 saturated carbocycles. The van der Waals surface area contributed by atoms with Crippen LogP contribution in [0.4, 0.5) is 0 Å². The first-order valence-electron chi connectivity index (χ1n) is 6.02. The lowest BCUT2D eigenvalue weighted by atomic mass is 10.2. The zero-order valence-electron chi connectivity index (χ0n) is 11.0. The Hall–Kier alpha value is -3.07. The standard InChI is InChI=1S/C12H11N7O2/c1-7-2-4-8(5-3-7)19-6-9(16-18-19)10-14-12(21-17-10)11(20)15-13/h2-6H,13H2,1H3,(H,15,20). The molecule has 2 aromatic heterocycles. The summed E-state index contributed by atoms with van der Waals surface area (Å²) in [5.74, 6) is 4.24. The van der Waals surface area contributed by atoms with Gasteiger partial charge in [-0.1, -0.05) is 28.1 Å². The number of hydrazine groups is 1. The van der Waals surface area contributed by atoms with Gasteiger partial charge in [0, 0.05) is 0 Å². The van der Waals surface area contributed by atoms with E-state index in [-0.39, 0.29) is 11.7 Å². The minimum Gasteiger partial charge on any atom is -0.328 e. The Morgan fingerprint density at radius 3 is 2.81 bits per heavy atom. The van der Waals surface area contributed by atoms with Crippen molar-refractivity contribution in [1.29, 1.82) is 0 Å². The van der Waals surface area contributed by atoms with Crippen LogP contribution >= 0.6 is 0 Å². The summed E-state index contributed by atoms with van der Waals surface area (Å²) >= 11 is 0. The van der Waals surface area contributed by atoms with Crippen molar-refractivity contribution in [2.75, 3.05) is 0 Å². The van der Waals surface area contributed by atoms with Gasteiger partial charge in [-0.3, -0.25) is 10.2 Å². The van der Waals surface area contributed by atoms with E-state index in [2.05, 4.69) is 20.5 Å². The highest BCUT2D eigenvalue weighted by Gasteiger charge is 2.17. The number of nitrogens with two attached hydrogens (primary N) is 1. The fraction of sp³-hybridized carbons (Fsp3) is 0.0833. The summed E-state index contributed by atoms with van der Waals surface area (Å²) in [5.41, 5.74) is 4.29. The number of carbonyl (C=O) groups is 1. The van der Waals surface area contributed by atoms with Gasteiger partial charge in [-0.15, -0.1) is 5.10 Å². The number of hydrogen-bond acceptors (Lipinski definition) is 7. The van der Waals surface area contributed by atoms with Crippen LogP contribution in [-0.4, -0.2) is 31.0 Å². The molecule has 0 saturated heterocycles. The van der Waals surface area contributed by atoms with E-state index in [4.69, 9.17) is 10.4 Å². The molecular weight excluding hydrogens is 274 g/mol. The third-order valence-electron chi connectivity index (χ3n) is 2.77. The van der Waals surface area contributed by atoms with Gasteiger partial charge in [0.2, 0.25) is 5.82 Å². The van der Waals surface area contributed by atoms with Crippen LogP contribution < -0.4 is 11.3 Å². The molecular formula is C12H11N7O2. The fourth-order valence-electron chi connectivity index (χ4n) is 1.67. The van der Waals surface area contributed by atoms with E-state index in [1.54, 1.807) is 10.9 Å². The Labute approximate surface area is 118 Å². The third-order valence-corrected chi connectivity index (χ3v) is 2.77. The molecule has 0 fully saturated rings. The van der Waals surface area contributed by atoms with E-state index in [1.807, 2.05) is 36.6 Å². The zero-order valence-corrected chi connectivity index (χ0v) is 11.0.